The minimum Gasteiger partial charge on any atom is -0.496 e. The van der Waals surface area contributed by atoms with Gasteiger partial charge < -0.3 is 19.5 Å². The van der Waals surface area contributed by atoms with Crippen LogP contribution in [0.5, 0.6) is 17.2 Å². The fraction of sp³-hybridized carbons (Fsp3) is 0.316. The van der Waals surface area contributed by atoms with Crippen LogP contribution in [-0.2, 0) is 21.4 Å². The van der Waals surface area contributed by atoms with Crippen LogP contribution in [0.25, 0.3) is 0 Å². The predicted octanol–water partition coefficient (Wildman–Crippen LogP) is 2.35. The minimum absolute atomic E-state index is 0.0254. The third-order valence-electron chi connectivity index (χ3n) is 4.03. The quantitative estimate of drug-likeness (QED) is 0.585. The number of sulfonamides is 1. The molecule has 8 nitrogen and oxygen atoms in total. The molecular weight excluding hydrogens is 420 g/mol. The molecule has 158 valence electrons. The summed E-state index contributed by atoms with van der Waals surface area (Å²) in [5, 5.41) is 3.17. The van der Waals surface area contributed by atoms with Crippen molar-refractivity contribution in [2.24, 2.45) is 0 Å². The zero-order chi connectivity index (χ0) is 21.4. The fourth-order valence-electron chi connectivity index (χ4n) is 2.51. The molecular formula is C19H23ClN2O6S. The highest BCUT2D eigenvalue weighted by Crippen LogP contribution is 2.34. The molecule has 2 rings (SSSR count). The van der Waals surface area contributed by atoms with E-state index in [0.29, 0.717) is 27.8 Å². The van der Waals surface area contributed by atoms with Crippen molar-refractivity contribution in [3.8, 4) is 17.2 Å². The van der Waals surface area contributed by atoms with Crippen molar-refractivity contribution >= 4 is 27.5 Å². The standard InChI is InChI=1S/C19H23ClN2O6S/c1-26-16-11-18(28-3)17(27-2)10-13(16)12-21-19(23)8-9-22-29(24,25)15-6-4-14(20)5-7-15/h4-7,10-11,22H,8-9,12H2,1-3H3,(H,21,23). The number of carbonyl (C=O) groups excluding carboxylic acids is 1. The third-order valence-corrected chi connectivity index (χ3v) is 5.76. The second kappa shape index (κ2) is 10.3. The number of carbonyl (C=O) groups is 1. The molecule has 0 aliphatic carbocycles. The molecule has 10 heteroatoms. The molecule has 1 amide bonds. The Morgan fingerprint density at radius 2 is 1.55 bits per heavy atom. The van der Waals surface area contributed by atoms with Crippen LogP contribution in [0.3, 0.4) is 0 Å². The number of nitrogens with one attached hydrogen (secondary N) is 2. The summed E-state index contributed by atoms with van der Waals surface area (Å²) < 4.78 is 42.6. The second-order valence-corrected chi connectivity index (χ2v) is 8.10. The van der Waals surface area contributed by atoms with Crippen molar-refractivity contribution in [2.75, 3.05) is 27.9 Å². The Morgan fingerprint density at radius 1 is 0.966 bits per heavy atom. The molecule has 0 saturated heterocycles. The maximum Gasteiger partial charge on any atom is 0.240 e. The summed E-state index contributed by atoms with van der Waals surface area (Å²) in [6.07, 6.45) is -0.0254. The van der Waals surface area contributed by atoms with Gasteiger partial charge >= 0.3 is 0 Å². The van der Waals surface area contributed by atoms with Crippen LogP contribution in [0.1, 0.15) is 12.0 Å². The Balaban J connectivity index is 1.91. The number of amides is 1. The van der Waals surface area contributed by atoms with E-state index in [1.807, 2.05) is 0 Å². The number of halogens is 1. The predicted molar refractivity (Wildman–Crippen MR) is 109 cm³/mol. The zero-order valence-corrected chi connectivity index (χ0v) is 17.9. The van der Waals surface area contributed by atoms with E-state index >= 15 is 0 Å². The molecule has 0 saturated carbocycles. The van der Waals surface area contributed by atoms with Gasteiger partial charge in [0.25, 0.3) is 0 Å². The van der Waals surface area contributed by atoms with Crippen LogP contribution >= 0.6 is 11.6 Å². The van der Waals surface area contributed by atoms with Crippen molar-refractivity contribution < 1.29 is 27.4 Å². The Morgan fingerprint density at radius 3 is 2.14 bits per heavy atom. The van der Waals surface area contributed by atoms with Gasteiger partial charge in [0.15, 0.2) is 11.5 Å². The molecule has 0 heterocycles. The summed E-state index contributed by atoms with van der Waals surface area (Å²) in [7, 11) is 0.837. The van der Waals surface area contributed by atoms with Gasteiger partial charge in [0.1, 0.15) is 5.75 Å². The fourth-order valence-corrected chi connectivity index (χ4v) is 3.67. The van der Waals surface area contributed by atoms with Crippen LogP contribution in [0.4, 0.5) is 0 Å². The lowest BCUT2D eigenvalue weighted by Gasteiger charge is -2.14. The molecule has 0 aromatic heterocycles. The van der Waals surface area contributed by atoms with Gasteiger partial charge in [-0.15, -0.1) is 0 Å². The van der Waals surface area contributed by atoms with Gasteiger partial charge in [-0.25, -0.2) is 13.1 Å². The number of benzene rings is 2. The Bertz CT molecular complexity index is 948. The van der Waals surface area contributed by atoms with E-state index in [-0.39, 0.29) is 30.3 Å². The topological polar surface area (TPSA) is 103 Å². The highest BCUT2D eigenvalue weighted by molar-refractivity contribution is 7.89. The van der Waals surface area contributed by atoms with Crippen molar-refractivity contribution in [2.45, 2.75) is 17.9 Å². The van der Waals surface area contributed by atoms with Crippen LogP contribution in [0.2, 0.25) is 5.02 Å². The molecule has 0 radical (unpaired) electrons. The third kappa shape index (κ3) is 6.25. The van der Waals surface area contributed by atoms with Crippen molar-refractivity contribution in [3.05, 3.63) is 47.0 Å². The van der Waals surface area contributed by atoms with Crippen LogP contribution in [0.15, 0.2) is 41.3 Å². The lowest BCUT2D eigenvalue weighted by Crippen LogP contribution is -2.30. The molecule has 0 aliphatic rings. The van der Waals surface area contributed by atoms with E-state index in [9.17, 15) is 13.2 Å². The maximum atomic E-state index is 12.2. The number of ether oxygens (including phenoxy) is 3. The van der Waals surface area contributed by atoms with Gasteiger partial charge in [-0.05, 0) is 30.3 Å². The van der Waals surface area contributed by atoms with E-state index in [1.165, 1.54) is 45.6 Å². The molecule has 0 aliphatic heterocycles. The molecule has 29 heavy (non-hydrogen) atoms. The highest BCUT2D eigenvalue weighted by Gasteiger charge is 2.15. The summed E-state index contributed by atoms with van der Waals surface area (Å²) in [5.74, 6) is 1.23. The monoisotopic (exact) mass is 442 g/mol. The zero-order valence-electron chi connectivity index (χ0n) is 16.3. The Labute approximate surface area is 175 Å². The van der Waals surface area contributed by atoms with Crippen molar-refractivity contribution in [3.63, 3.8) is 0 Å². The second-order valence-electron chi connectivity index (χ2n) is 5.90. The van der Waals surface area contributed by atoms with Crippen LogP contribution < -0.4 is 24.2 Å². The summed E-state index contributed by atoms with van der Waals surface area (Å²) in [4.78, 5) is 12.2. The van der Waals surface area contributed by atoms with Gasteiger partial charge in [0, 0.05) is 36.2 Å². The first-order valence-electron chi connectivity index (χ1n) is 8.61. The molecule has 0 spiro atoms. The Hall–Kier alpha value is -2.49. The first-order chi connectivity index (χ1) is 13.8. The van der Waals surface area contributed by atoms with Gasteiger partial charge in [-0.2, -0.15) is 0 Å². The molecule has 0 fully saturated rings. The SMILES string of the molecule is COc1cc(OC)c(OC)cc1CNC(=O)CCNS(=O)(=O)c1ccc(Cl)cc1. The molecule has 0 bridgehead atoms. The molecule has 0 atom stereocenters. The van der Waals surface area contributed by atoms with Gasteiger partial charge in [-0.3, -0.25) is 4.79 Å². The van der Waals surface area contributed by atoms with Crippen molar-refractivity contribution in [1.29, 1.82) is 0 Å². The summed E-state index contributed by atoms with van der Waals surface area (Å²) >= 11 is 5.76. The summed E-state index contributed by atoms with van der Waals surface area (Å²) in [5.41, 5.74) is 0.695. The molecule has 0 unspecified atom stereocenters. The van der Waals surface area contributed by atoms with Gasteiger partial charge in [0.2, 0.25) is 15.9 Å². The van der Waals surface area contributed by atoms with E-state index in [0.717, 1.165) is 0 Å². The van der Waals surface area contributed by atoms with Gasteiger partial charge in [0.05, 0.1) is 26.2 Å². The average Bonchev–Trinajstić information content (AvgIpc) is 2.71. The normalized spacial score (nSPS) is 11.0. The average molecular weight is 443 g/mol. The van der Waals surface area contributed by atoms with E-state index in [1.54, 1.807) is 12.1 Å². The van der Waals surface area contributed by atoms with E-state index < -0.39 is 10.0 Å². The number of hydrogen-bond acceptors (Lipinski definition) is 6. The van der Waals surface area contributed by atoms with Crippen LogP contribution in [-0.4, -0.2) is 42.2 Å². The minimum atomic E-state index is -3.71. The lowest BCUT2D eigenvalue weighted by atomic mass is 10.1. The maximum absolute atomic E-state index is 12.2. The summed E-state index contributed by atoms with van der Waals surface area (Å²) in [6.45, 7) is 0.145. The molecule has 2 aromatic carbocycles. The number of hydrogen-bond donors (Lipinski definition) is 2. The number of rotatable bonds is 10. The van der Waals surface area contributed by atoms with E-state index in [4.69, 9.17) is 25.8 Å². The first kappa shape index (κ1) is 22.8. The van der Waals surface area contributed by atoms with Crippen LogP contribution in [0, 0.1) is 0 Å². The summed E-state index contributed by atoms with van der Waals surface area (Å²) in [6, 6.07) is 9.14. The van der Waals surface area contributed by atoms with E-state index in [2.05, 4.69) is 10.0 Å². The van der Waals surface area contributed by atoms with Crippen molar-refractivity contribution in [1.82, 2.24) is 10.0 Å². The first-order valence-corrected chi connectivity index (χ1v) is 10.5. The highest BCUT2D eigenvalue weighted by atomic mass is 35.5. The Kier molecular flexibility index (Phi) is 8.12. The molecule has 2 N–H and O–H groups in total. The smallest absolute Gasteiger partial charge is 0.240 e. The lowest BCUT2D eigenvalue weighted by molar-refractivity contribution is -0.121. The molecule has 2 aromatic rings. The largest absolute Gasteiger partial charge is 0.496 e. The number of methoxy groups -OCH3 is 3. The van der Waals surface area contributed by atoms with Gasteiger partial charge in [-0.1, -0.05) is 11.6 Å².